The summed E-state index contributed by atoms with van der Waals surface area (Å²) in [5.74, 6) is -0.446. The van der Waals surface area contributed by atoms with E-state index >= 15 is 0 Å². The van der Waals surface area contributed by atoms with Crippen LogP contribution in [-0.2, 0) is 15.8 Å². The fraction of sp³-hybridized carbons (Fsp3) is 0.273. The van der Waals surface area contributed by atoms with E-state index in [1.165, 1.54) is 12.1 Å². The molecule has 31 heavy (non-hydrogen) atoms. The van der Waals surface area contributed by atoms with E-state index in [1.54, 1.807) is 30.1 Å². The van der Waals surface area contributed by atoms with Gasteiger partial charge in [-0.05, 0) is 48.7 Å². The van der Waals surface area contributed by atoms with Crippen LogP contribution in [0.1, 0.15) is 24.0 Å². The first-order chi connectivity index (χ1) is 14.7. The predicted octanol–water partition coefficient (Wildman–Crippen LogP) is 4.29. The monoisotopic (exact) mass is 431 g/mol. The standard InChI is InChI=1S/C22H20F3N3O3/c1-28-12-21(30)27-17-11-15(5-7-18(17)28)26-20(29)9-13-3-2-8-31-19-10-14(22(23,24)25)4-6-16(13)19/h4-7,9-11H,2-3,8,12H2,1H3,(H,26,29)(H,27,30). The average Bonchev–Trinajstić information content (AvgIpc) is 2.88. The van der Waals surface area contributed by atoms with Crippen LogP contribution in [0, 0.1) is 0 Å². The van der Waals surface area contributed by atoms with E-state index in [0.29, 0.717) is 35.4 Å². The molecule has 2 N–H and O–H groups in total. The van der Waals surface area contributed by atoms with Crippen molar-refractivity contribution >= 4 is 34.4 Å². The molecule has 162 valence electrons. The number of fused-ring (bicyclic) bond motifs is 2. The summed E-state index contributed by atoms with van der Waals surface area (Å²) in [4.78, 5) is 26.2. The van der Waals surface area contributed by atoms with E-state index in [4.69, 9.17) is 4.74 Å². The maximum atomic E-state index is 13.0. The van der Waals surface area contributed by atoms with Crippen molar-refractivity contribution in [3.05, 3.63) is 53.6 Å². The van der Waals surface area contributed by atoms with Crippen molar-refractivity contribution in [3.63, 3.8) is 0 Å². The highest BCUT2D eigenvalue weighted by Gasteiger charge is 2.32. The number of allylic oxidation sites excluding steroid dienone is 1. The number of halogens is 3. The Balaban J connectivity index is 1.57. The van der Waals surface area contributed by atoms with Crippen molar-refractivity contribution in [2.75, 3.05) is 35.7 Å². The lowest BCUT2D eigenvalue weighted by Gasteiger charge is -2.27. The molecule has 0 fully saturated rings. The number of hydrogen-bond acceptors (Lipinski definition) is 4. The van der Waals surface area contributed by atoms with Gasteiger partial charge in [0.25, 0.3) is 0 Å². The van der Waals surface area contributed by atoms with Gasteiger partial charge in [0.05, 0.1) is 30.1 Å². The zero-order valence-corrected chi connectivity index (χ0v) is 16.7. The van der Waals surface area contributed by atoms with E-state index in [1.807, 2.05) is 0 Å². The van der Waals surface area contributed by atoms with E-state index in [9.17, 15) is 22.8 Å². The smallest absolute Gasteiger partial charge is 0.416 e. The van der Waals surface area contributed by atoms with Gasteiger partial charge in [-0.15, -0.1) is 0 Å². The number of anilines is 3. The normalized spacial score (nSPS) is 17.2. The van der Waals surface area contributed by atoms with Gasteiger partial charge in [0.1, 0.15) is 5.75 Å². The highest BCUT2D eigenvalue weighted by Crippen LogP contribution is 2.38. The number of carbonyl (C=O) groups is 2. The minimum absolute atomic E-state index is 0.117. The molecule has 2 aromatic carbocycles. The summed E-state index contributed by atoms with van der Waals surface area (Å²) in [6.07, 6.45) is -2.02. The lowest BCUT2D eigenvalue weighted by atomic mass is 9.99. The summed E-state index contributed by atoms with van der Waals surface area (Å²) in [5, 5.41) is 5.52. The van der Waals surface area contributed by atoms with Crippen molar-refractivity contribution in [1.82, 2.24) is 0 Å². The molecule has 0 radical (unpaired) electrons. The van der Waals surface area contributed by atoms with Crippen LogP contribution in [0.5, 0.6) is 5.75 Å². The lowest BCUT2D eigenvalue weighted by Crippen LogP contribution is -2.35. The molecule has 0 atom stereocenters. The molecule has 2 amide bonds. The number of alkyl halides is 3. The Kier molecular flexibility index (Phi) is 5.34. The minimum Gasteiger partial charge on any atom is -0.493 e. The zero-order valence-electron chi connectivity index (χ0n) is 16.7. The highest BCUT2D eigenvalue weighted by molar-refractivity contribution is 6.06. The number of nitrogens with one attached hydrogen (secondary N) is 2. The number of likely N-dealkylation sites (N-methyl/N-ethyl adjacent to an activating group) is 1. The maximum Gasteiger partial charge on any atom is 0.416 e. The van der Waals surface area contributed by atoms with Gasteiger partial charge in [-0.3, -0.25) is 9.59 Å². The molecule has 2 aromatic rings. The second-order valence-electron chi connectivity index (χ2n) is 7.46. The Morgan fingerprint density at radius 1 is 1.23 bits per heavy atom. The average molecular weight is 431 g/mol. The third kappa shape index (κ3) is 4.50. The summed E-state index contributed by atoms with van der Waals surface area (Å²) in [7, 11) is 1.80. The molecule has 0 bridgehead atoms. The van der Waals surface area contributed by atoms with Crippen LogP contribution in [0.25, 0.3) is 5.57 Å². The number of carbonyl (C=O) groups excluding carboxylic acids is 2. The molecular formula is C22H20F3N3O3. The van der Waals surface area contributed by atoms with Crippen LogP contribution < -0.4 is 20.3 Å². The van der Waals surface area contributed by atoms with E-state index < -0.39 is 17.6 Å². The van der Waals surface area contributed by atoms with E-state index in [-0.39, 0.29) is 24.8 Å². The first-order valence-corrected chi connectivity index (χ1v) is 9.72. The molecule has 0 spiro atoms. The van der Waals surface area contributed by atoms with Crippen LogP contribution in [0.15, 0.2) is 42.5 Å². The van der Waals surface area contributed by atoms with Crippen molar-refractivity contribution in [2.45, 2.75) is 19.0 Å². The topological polar surface area (TPSA) is 70.7 Å². The Labute approximate surface area is 176 Å². The first kappa shape index (κ1) is 20.8. The van der Waals surface area contributed by atoms with Crippen LogP contribution in [0.4, 0.5) is 30.2 Å². The third-order valence-electron chi connectivity index (χ3n) is 5.14. The molecule has 0 aliphatic carbocycles. The van der Waals surface area contributed by atoms with Crippen molar-refractivity contribution < 1.29 is 27.5 Å². The molecule has 0 unspecified atom stereocenters. The summed E-state index contributed by atoms with van der Waals surface area (Å²) >= 11 is 0. The number of benzene rings is 2. The fourth-order valence-electron chi connectivity index (χ4n) is 3.69. The number of hydrogen-bond donors (Lipinski definition) is 2. The van der Waals surface area contributed by atoms with Crippen molar-refractivity contribution in [2.24, 2.45) is 0 Å². The number of nitrogens with zero attached hydrogens (tertiary/aromatic N) is 1. The number of rotatable bonds is 2. The van der Waals surface area contributed by atoms with Gasteiger partial charge < -0.3 is 20.3 Å². The predicted molar refractivity (Wildman–Crippen MR) is 111 cm³/mol. The first-order valence-electron chi connectivity index (χ1n) is 9.72. The van der Waals surface area contributed by atoms with Crippen molar-refractivity contribution in [3.8, 4) is 5.75 Å². The lowest BCUT2D eigenvalue weighted by molar-refractivity contribution is -0.137. The minimum atomic E-state index is -4.47. The molecule has 2 heterocycles. The van der Waals surface area contributed by atoms with Gasteiger partial charge in [0.15, 0.2) is 0 Å². The molecule has 0 saturated heterocycles. The van der Waals surface area contributed by atoms with E-state index in [0.717, 1.165) is 17.8 Å². The van der Waals surface area contributed by atoms with E-state index in [2.05, 4.69) is 10.6 Å². The van der Waals surface area contributed by atoms with Crippen molar-refractivity contribution in [1.29, 1.82) is 0 Å². The molecule has 9 heteroatoms. The molecular weight excluding hydrogens is 411 g/mol. The molecule has 0 aromatic heterocycles. The summed E-state index contributed by atoms with van der Waals surface area (Å²) in [5.41, 5.74) is 2.21. The quantitative estimate of drug-likeness (QED) is 0.696. The SMILES string of the molecule is CN1CC(=O)Nc2cc(NC(=O)C=C3CCCOc4cc(C(F)(F)F)ccc43)ccc21. The Morgan fingerprint density at radius 2 is 2.03 bits per heavy atom. The molecule has 0 saturated carbocycles. The number of amides is 2. The van der Waals surface area contributed by atoms with Gasteiger partial charge in [-0.25, -0.2) is 0 Å². The summed E-state index contributed by atoms with van der Waals surface area (Å²) in [6.45, 7) is 0.521. The van der Waals surface area contributed by atoms with Gasteiger partial charge in [0.2, 0.25) is 11.8 Å². The summed E-state index contributed by atoms with van der Waals surface area (Å²) < 4.78 is 44.5. The van der Waals surface area contributed by atoms with Crippen LogP contribution >= 0.6 is 0 Å². The molecule has 2 aliphatic rings. The summed E-state index contributed by atoms with van der Waals surface area (Å²) in [6, 6.07) is 8.48. The Hall–Kier alpha value is -3.49. The molecule has 6 nitrogen and oxygen atoms in total. The van der Waals surface area contributed by atoms with Gasteiger partial charge in [-0.1, -0.05) is 6.07 Å². The molecule has 4 rings (SSSR count). The van der Waals surface area contributed by atoms with Gasteiger partial charge in [0, 0.05) is 24.4 Å². The second-order valence-corrected chi connectivity index (χ2v) is 7.46. The maximum absolute atomic E-state index is 13.0. The van der Waals surface area contributed by atoms with Crippen LogP contribution in [-0.4, -0.2) is 32.0 Å². The molecule has 2 aliphatic heterocycles. The highest BCUT2D eigenvalue weighted by atomic mass is 19.4. The fourth-order valence-corrected chi connectivity index (χ4v) is 3.69. The largest absolute Gasteiger partial charge is 0.493 e. The number of ether oxygens (including phenoxy) is 1. The Morgan fingerprint density at radius 3 is 2.81 bits per heavy atom. The zero-order chi connectivity index (χ0) is 22.2. The van der Waals surface area contributed by atoms with Crippen LogP contribution in [0.2, 0.25) is 0 Å². The van der Waals surface area contributed by atoms with Gasteiger partial charge in [-0.2, -0.15) is 13.2 Å². The third-order valence-corrected chi connectivity index (χ3v) is 5.14. The van der Waals surface area contributed by atoms with Crippen LogP contribution in [0.3, 0.4) is 0 Å². The van der Waals surface area contributed by atoms with Gasteiger partial charge >= 0.3 is 6.18 Å². The Bertz CT molecular complexity index is 1080. The second kappa shape index (κ2) is 7.98.